The minimum Gasteiger partial charge on any atom is -0.449 e. The summed E-state index contributed by atoms with van der Waals surface area (Å²) in [4.78, 5) is 25.0. The van der Waals surface area contributed by atoms with Gasteiger partial charge in [0.15, 0.2) is 0 Å². The minimum atomic E-state index is -3.67. The van der Waals surface area contributed by atoms with Gasteiger partial charge in [0.05, 0.1) is 19.4 Å². The van der Waals surface area contributed by atoms with E-state index in [1.807, 2.05) is 95.3 Å². The summed E-state index contributed by atoms with van der Waals surface area (Å²) >= 11 is 0. The molecule has 0 fully saturated rings. The summed E-state index contributed by atoms with van der Waals surface area (Å²) < 4.78 is 30.6. The van der Waals surface area contributed by atoms with E-state index in [1.54, 1.807) is 12.1 Å². The summed E-state index contributed by atoms with van der Waals surface area (Å²) in [6, 6.07) is 22.5. The molecule has 9 heteroatoms. The second-order valence-corrected chi connectivity index (χ2v) is 13.8. The Labute approximate surface area is 249 Å². The van der Waals surface area contributed by atoms with Crippen molar-refractivity contribution in [3.8, 4) is 11.1 Å². The lowest BCUT2D eigenvalue weighted by atomic mass is 9.72. The summed E-state index contributed by atoms with van der Waals surface area (Å²) in [5.41, 5.74) is 2.88. The Morgan fingerprint density at radius 2 is 1.55 bits per heavy atom. The van der Waals surface area contributed by atoms with Crippen LogP contribution in [0.1, 0.15) is 61.7 Å². The van der Waals surface area contributed by atoms with Gasteiger partial charge in [0.2, 0.25) is 10.0 Å². The molecule has 0 heterocycles. The molecule has 0 aliphatic rings. The fourth-order valence-corrected chi connectivity index (χ4v) is 5.16. The highest BCUT2D eigenvalue weighted by Gasteiger charge is 2.42. The van der Waals surface area contributed by atoms with Crippen LogP contribution < -0.4 is 10.0 Å². The highest BCUT2D eigenvalue weighted by molar-refractivity contribution is 7.89. The van der Waals surface area contributed by atoms with Gasteiger partial charge in [-0.3, -0.25) is 4.79 Å². The molecule has 42 heavy (non-hydrogen) atoms. The van der Waals surface area contributed by atoms with Crippen LogP contribution in [0.3, 0.4) is 0 Å². The average molecular weight is 595 g/mol. The number of carbonyl (C=O) groups excluding carboxylic acids is 2. The third-order valence-corrected chi connectivity index (χ3v) is 7.70. The van der Waals surface area contributed by atoms with Crippen molar-refractivity contribution in [1.82, 2.24) is 10.0 Å². The second kappa shape index (κ2) is 13.5. The Kier molecular flexibility index (Phi) is 10.6. The Morgan fingerprint density at radius 1 is 0.929 bits per heavy atom. The number of carbonyl (C=O) groups is 2. The predicted molar refractivity (Wildman–Crippen MR) is 166 cm³/mol. The molecule has 0 saturated carbocycles. The number of aliphatic hydroxyl groups is 1. The quantitative estimate of drug-likeness (QED) is 0.272. The zero-order chi connectivity index (χ0) is 31.1. The topological polar surface area (TPSA) is 122 Å². The van der Waals surface area contributed by atoms with Crippen LogP contribution in [-0.4, -0.2) is 44.9 Å². The van der Waals surface area contributed by atoms with Crippen molar-refractivity contribution >= 4 is 22.0 Å². The third kappa shape index (κ3) is 8.90. The number of amides is 2. The number of benzene rings is 3. The Bertz CT molecular complexity index is 1480. The van der Waals surface area contributed by atoms with Crippen LogP contribution in [0.5, 0.6) is 0 Å². The highest BCUT2D eigenvalue weighted by Crippen LogP contribution is 2.38. The van der Waals surface area contributed by atoms with E-state index < -0.39 is 33.0 Å². The predicted octanol–water partition coefficient (Wildman–Crippen LogP) is 5.44. The SMILES string of the molecule is CC(C)Cc1cc(-c2ccc(CCOC(=O)NC[C@](O)(c3ccccc3)C(C)(C)C)cc2)ccc1C(=O)NS(C)(=O)=O. The third-order valence-electron chi connectivity index (χ3n) is 7.15. The van der Waals surface area contributed by atoms with Crippen LogP contribution in [0.4, 0.5) is 4.79 Å². The maximum absolute atomic E-state index is 12.6. The van der Waals surface area contributed by atoms with Crippen molar-refractivity contribution in [2.45, 2.75) is 53.1 Å². The van der Waals surface area contributed by atoms with Gasteiger partial charge in [-0.15, -0.1) is 0 Å². The van der Waals surface area contributed by atoms with Gasteiger partial charge in [-0.05, 0) is 51.6 Å². The van der Waals surface area contributed by atoms with Gasteiger partial charge in [-0.2, -0.15) is 0 Å². The average Bonchev–Trinajstić information content (AvgIpc) is 2.90. The molecule has 0 aromatic heterocycles. The van der Waals surface area contributed by atoms with E-state index >= 15 is 0 Å². The molecule has 0 bridgehead atoms. The highest BCUT2D eigenvalue weighted by atomic mass is 32.2. The van der Waals surface area contributed by atoms with Gasteiger partial charge in [0, 0.05) is 12.0 Å². The van der Waals surface area contributed by atoms with Crippen LogP contribution in [0.25, 0.3) is 11.1 Å². The smallest absolute Gasteiger partial charge is 0.407 e. The van der Waals surface area contributed by atoms with Crippen molar-refractivity contribution in [2.75, 3.05) is 19.4 Å². The minimum absolute atomic E-state index is 0.0154. The molecule has 0 spiro atoms. The van der Waals surface area contributed by atoms with Crippen molar-refractivity contribution in [1.29, 1.82) is 0 Å². The molecule has 0 saturated heterocycles. The van der Waals surface area contributed by atoms with Crippen LogP contribution in [0.15, 0.2) is 72.8 Å². The molecule has 3 aromatic rings. The number of hydrogen-bond acceptors (Lipinski definition) is 6. The van der Waals surface area contributed by atoms with Gasteiger partial charge in [0.25, 0.3) is 5.91 Å². The molecule has 8 nitrogen and oxygen atoms in total. The van der Waals surface area contributed by atoms with Crippen molar-refractivity contribution in [3.05, 3.63) is 95.1 Å². The number of nitrogens with one attached hydrogen (secondary N) is 2. The van der Waals surface area contributed by atoms with Gasteiger partial charge < -0.3 is 15.2 Å². The van der Waals surface area contributed by atoms with E-state index in [2.05, 4.69) is 10.0 Å². The van der Waals surface area contributed by atoms with Crippen molar-refractivity contribution < 1.29 is 27.9 Å². The lowest BCUT2D eigenvalue weighted by Crippen LogP contribution is -2.49. The van der Waals surface area contributed by atoms with Gasteiger partial charge in [-0.25, -0.2) is 17.9 Å². The Morgan fingerprint density at radius 3 is 2.12 bits per heavy atom. The molecule has 226 valence electrons. The van der Waals surface area contributed by atoms with Crippen LogP contribution in [0, 0.1) is 11.3 Å². The summed E-state index contributed by atoms with van der Waals surface area (Å²) in [6.45, 7) is 10.0. The number of sulfonamides is 1. The monoisotopic (exact) mass is 594 g/mol. The first-order chi connectivity index (χ1) is 19.6. The van der Waals surface area contributed by atoms with E-state index in [-0.39, 0.29) is 19.1 Å². The lowest BCUT2D eigenvalue weighted by molar-refractivity contribution is -0.0617. The first-order valence-electron chi connectivity index (χ1n) is 14.0. The molecule has 3 N–H and O–H groups in total. The number of alkyl carbamates (subject to hydrolysis) is 1. The molecule has 1 atom stereocenters. The normalized spacial score (nSPS) is 13.3. The number of rotatable bonds is 11. The van der Waals surface area contributed by atoms with Crippen LogP contribution in [-0.2, 0) is 33.2 Å². The number of ether oxygens (including phenoxy) is 1. The summed E-state index contributed by atoms with van der Waals surface area (Å²) in [5.74, 6) is -0.368. The maximum Gasteiger partial charge on any atom is 0.407 e. The van der Waals surface area contributed by atoms with Crippen molar-refractivity contribution in [3.63, 3.8) is 0 Å². The molecular weight excluding hydrogens is 552 g/mol. The summed E-state index contributed by atoms with van der Waals surface area (Å²) in [7, 11) is -3.67. The zero-order valence-corrected chi connectivity index (χ0v) is 26.0. The van der Waals surface area contributed by atoms with Gasteiger partial charge >= 0.3 is 6.09 Å². The molecule has 0 aliphatic carbocycles. The molecular formula is C33H42N2O6S. The van der Waals surface area contributed by atoms with Crippen molar-refractivity contribution in [2.24, 2.45) is 11.3 Å². The van der Waals surface area contributed by atoms with Crippen LogP contribution in [0.2, 0.25) is 0 Å². The first-order valence-corrected chi connectivity index (χ1v) is 15.9. The van der Waals surface area contributed by atoms with Gasteiger partial charge in [-0.1, -0.05) is 101 Å². The molecule has 0 unspecified atom stereocenters. The molecule has 2 amide bonds. The van der Waals surface area contributed by atoms with E-state index in [4.69, 9.17) is 4.74 Å². The zero-order valence-electron chi connectivity index (χ0n) is 25.2. The summed E-state index contributed by atoms with van der Waals surface area (Å²) in [6.07, 6.45) is 1.50. The Hall–Kier alpha value is -3.69. The van der Waals surface area contributed by atoms with Crippen LogP contribution >= 0.6 is 0 Å². The van der Waals surface area contributed by atoms with E-state index in [0.29, 0.717) is 18.4 Å². The van der Waals surface area contributed by atoms with E-state index in [1.165, 1.54) is 0 Å². The fourth-order valence-electron chi connectivity index (χ4n) is 4.72. The first kappa shape index (κ1) is 32.8. The molecule has 3 rings (SSSR count). The standard InChI is InChI=1S/C33H42N2O6S/c1-23(2)20-27-21-26(16-17-29(27)30(36)35-42(6,39)40)25-14-12-24(13-15-25)18-19-41-31(37)34-22-33(38,32(3,4)5)28-10-8-7-9-11-28/h7-17,21,23,38H,18-20,22H2,1-6H3,(H,34,37)(H,35,36)/t33-/m0/s1. The molecule has 3 aromatic carbocycles. The van der Waals surface area contributed by atoms with Gasteiger partial charge in [0.1, 0.15) is 5.60 Å². The number of hydrogen-bond donors (Lipinski definition) is 3. The Balaban J connectivity index is 1.61. The van der Waals surface area contributed by atoms with E-state index in [9.17, 15) is 23.1 Å². The second-order valence-electron chi connectivity index (χ2n) is 12.1. The largest absolute Gasteiger partial charge is 0.449 e. The van der Waals surface area contributed by atoms with E-state index in [0.717, 1.165) is 34.1 Å². The molecule has 0 aliphatic heterocycles. The summed E-state index contributed by atoms with van der Waals surface area (Å²) in [5, 5.41) is 14.1. The molecule has 0 radical (unpaired) electrons. The lowest BCUT2D eigenvalue weighted by Gasteiger charge is -2.40. The maximum atomic E-state index is 12.6. The fraction of sp³-hybridized carbons (Fsp3) is 0.394.